The lowest BCUT2D eigenvalue weighted by molar-refractivity contribution is 0.212. The predicted molar refractivity (Wildman–Crippen MR) is 37.7 cm³/mol. The van der Waals surface area contributed by atoms with Crippen molar-refractivity contribution in [2.45, 2.75) is 12.5 Å². The normalized spacial score (nSPS) is 30.6. The third-order valence-electron chi connectivity index (χ3n) is 1.67. The van der Waals surface area contributed by atoms with Crippen LogP contribution in [0.15, 0.2) is 5.10 Å². The predicted octanol–water partition coefficient (Wildman–Crippen LogP) is -1.07. The summed E-state index contributed by atoms with van der Waals surface area (Å²) in [7, 11) is 0. The van der Waals surface area contributed by atoms with E-state index in [0.717, 1.165) is 0 Å². The summed E-state index contributed by atoms with van der Waals surface area (Å²) >= 11 is 0. The fourth-order valence-corrected chi connectivity index (χ4v) is 1.03. The molecular weight excluding hydrogens is 132 g/mol. The molecular formula is C6H12N2O2. The standard InChI is InChI=1S/C6H12N2O2/c9-2-1-6-5(4-10)3-7-8-6/h3,5-6,8-10H,1-2,4H2. The molecule has 3 N–H and O–H groups in total. The minimum atomic E-state index is 0.0761. The van der Waals surface area contributed by atoms with Gasteiger partial charge in [-0.05, 0) is 6.42 Å². The molecule has 0 bridgehead atoms. The van der Waals surface area contributed by atoms with Crippen LogP contribution in [0.4, 0.5) is 0 Å². The molecule has 10 heavy (non-hydrogen) atoms. The number of hydrogen-bond donors (Lipinski definition) is 3. The highest BCUT2D eigenvalue weighted by Crippen LogP contribution is 2.08. The Labute approximate surface area is 59.6 Å². The number of nitrogens with zero attached hydrogens (tertiary/aromatic N) is 1. The van der Waals surface area contributed by atoms with Crippen LogP contribution in [0.2, 0.25) is 0 Å². The Balaban J connectivity index is 2.32. The lowest BCUT2D eigenvalue weighted by Gasteiger charge is -2.13. The number of hydrazone groups is 1. The number of aliphatic hydroxyl groups is 2. The lowest BCUT2D eigenvalue weighted by Crippen LogP contribution is -2.30. The first kappa shape index (κ1) is 7.50. The average molecular weight is 144 g/mol. The zero-order valence-electron chi connectivity index (χ0n) is 5.70. The van der Waals surface area contributed by atoms with Crippen molar-refractivity contribution in [3.63, 3.8) is 0 Å². The maximum Gasteiger partial charge on any atom is 0.0562 e. The van der Waals surface area contributed by atoms with Crippen molar-refractivity contribution in [3.05, 3.63) is 0 Å². The van der Waals surface area contributed by atoms with Crippen molar-refractivity contribution >= 4 is 6.21 Å². The molecule has 58 valence electrons. The summed E-state index contributed by atoms with van der Waals surface area (Å²) in [6.07, 6.45) is 2.32. The fourth-order valence-electron chi connectivity index (χ4n) is 1.03. The molecule has 1 heterocycles. The van der Waals surface area contributed by atoms with Crippen LogP contribution in [-0.4, -0.2) is 35.7 Å². The largest absolute Gasteiger partial charge is 0.396 e. The first-order valence-electron chi connectivity index (χ1n) is 3.39. The zero-order chi connectivity index (χ0) is 7.40. The third kappa shape index (κ3) is 1.46. The van der Waals surface area contributed by atoms with Gasteiger partial charge in [-0.15, -0.1) is 0 Å². The topological polar surface area (TPSA) is 64.8 Å². The quantitative estimate of drug-likeness (QED) is 0.473. The molecule has 2 unspecified atom stereocenters. The molecule has 4 heteroatoms. The fraction of sp³-hybridized carbons (Fsp3) is 0.833. The molecule has 2 atom stereocenters. The number of nitrogens with one attached hydrogen (secondary N) is 1. The van der Waals surface area contributed by atoms with Crippen LogP contribution < -0.4 is 5.43 Å². The second kappa shape index (κ2) is 3.53. The maximum absolute atomic E-state index is 8.75. The van der Waals surface area contributed by atoms with E-state index in [-0.39, 0.29) is 25.2 Å². The Hall–Kier alpha value is -0.610. The highest BCUT2D eigenvalue weighted by Gasteiger charge is 2.21. The van der Waals surface area contributed by atoms with Crippen molar-refractivity contribution in [2.75, 3.05) is 13.2 Å². The lowest BCUT2D eigenvalue weighted by atomic mass is 10.0. The molecule has 0 radical (unpaired) electrons. The van der Waals surface area contributed by atoms with E-state index < -0.39 is 0 Å². The first-order chi connectivity index (χ1) is 4.88. The first-order valence-corrected chi connectivity index (χ1v) is 3.39. The molecule has 0 amide bonds. The molecule has 4 nitrogen and oxygen atoms in total. The van der Waals surface area contributed by atoms with Gasteiger partial charge in [-0.2, -0.15) is 5.10 Å². The van der Waals surface area contributed by atoms with Gasteiger partial charge >= 0.3 is 0 Å². The third-order valence-corrected chi connectivity index (χ3v) is 1.67. The van der Waals surface area contributed by atoms with E-state index in [2.05, 4.69) is 10.5 Å². The maximum atomic E-state index is 8.75. The highest BCUT2D eigenvalue weighted by molar-refractivity contribution is 5.63. The van der Waals surface area contributed by atoms with Gasteiger partial charge in [0, 0.05) is 18.7 Å². The monoisotopic (exact) mass is 144 g/mol. The minimum Gasteiger partial charge on any atom is -0.396 e. The van der Waals surface area contributed by atoms with Crippen LogP contribution in [0.25, 0.3) is 0 Å². The SMILES string of the molecule is OCCC1NN=CC1CO. The van der Waals surface area contributed by atoms with Gasteiger partial charge in [-0.3, -0.25) is 0 Å². The molecule has 0 aromatic carbocycles. The van der Waals surface area contributed by atoms with Crippen LogP contribution in [0, 0.1) is 5.92 Å². The highest BCUT2D eigenvalue weighted by atomic mass is 16.3. The summed E-state index contributed by atoms with van der Waals surface area (Å²) in [6, 6.07) is 0.120. The summed E-state index contributed by atoms with van der Waals surface area (Å²) in [5.74, 6) is 0.0761. The summed E-state index contributed by atoms with van der Waals surface area (Å²) < 4.78 is 0. The van der Waals surface area contributed by atoms with Gasteiger partial charge < -0.3 is 15.6 Å². The minimum absolute atomic E-state index is 0.0761. The van der Waals surface area contributed by atoms with Crippen LogP contribution >= 0.6 is 0 Å². The van der Waals surface area contributed by atoms with Gasteiger partial charge in [0.1, 0.15) is 0 Å². The molecule has 1 rings (SSSR count). The second-order valence-electron chi connectivity index (χ2n) is 2.37. The summed E-state index contributed by atoms with van der Waals surface area (Å²) in [4.78, 5) is 0. The molecule has 1 aliphatic heterocycles. The zero-order valence-corrected chi connectivity index (χ0v) is 5.70. The van der Waals surface area contributed by atoms with Crippen molar-refractivity contribution in [1.82, 2.24) is 5.43 Å². The Bertz CT molecular complexity index is 127. The molecule has 0 spiro atoms. The van der Waals surface area contributed by atoms with Crippen molar-refractivity contribution in [2.24, 2.45) is 11.0 Å². The summed E-state index contributed by atoms with van der Waals surface area (Å²) in [5, 5.41) is 21.1. The second-order valence-corrected chi connectivity index (χ2v) is 2.37. The molecule has 1 aliphatic rings. The summed E-state index contributed by atoms with van der Waals surface area (Å²) in [6.45, 7) is 0.235. The van der Waals surface area contributed by atoms with Crippen LogP contribution in [0.3, 0.4) is 0 Å². The molecule has 0 fully saturated rings. The Morgan fingerprint density at radius 2 is 2.30 bits per heavy atom. The van der Waals surface area contributed by atoms with E-state index in [1.54, 1.807) is 6.21 Å². The number of rotatable bonds is 3. The van der Waals surface area contributed by atoms with Gasteiger partial charge in [-0.25, -0.2) is 0 Å². The number of aliphatic hydroxyl groups excluding tert-OH is 2. The molecule has 0 aromatic rings. The van der Waals surface area contributed by atoms with Crippen LogP contribution in [0.1, 0.15) is 6.42 Å². The summed E-state index contributed by atoms with van der Waals surface area (Å²) in [5.41, 5.74) is 2.81. The van der Waals surface area contributed by atoms with E-state index in [0.29, 0.717) is 6.42 Å². The molecule has 0 saturated carbocycles. The Kier molecular flexibility index (Phi) is 2.65. The van der Waals surface area contributed by atoms with Gasteiger partial charge in [0.25, 0.3) is 0 Å². The van der Waals surface area contributed by atoms with Crippen molar-refractivity contribution in [1.29, 1.82) is 0 Å². The van der Waals surface area contributed by atoms with Gasteiger partial charge in [0.2, 0.25) is 0 Å². The molecule has 0 aromatic heterocycles. The van der Waals surface area contributed by atoms with Gasteiger partial charge in [-0.1, -0.05) is 0 Å². The van der Waals surface area contributed by atoms with Crippen molar-refractivity contribution < 1.29 is 10.2 Å². The van der Waals surface area contributed by atoms with E-state index in [9.17, 15) is 0 Å². The van der Waals surface area contributed by atoms with E-state index in [1.807, 2.05) is 0 Å². The molecule has 0 saturated heterocycles. The van der Waals surface area contributed by atoms with Crippen LogP contribution in [0.5, 0.6) is 0 Å². The average Bonchev–Trinajstić information content (AvgIpc) is 2.36. The van der Waals surface area contributed by atoms with Gasteiger partial charge in [0.15, 0.2) is 0 Å². The Morgan fingerprint density at radius 3 is 2.90 bits per heavy atom. The van der Waals surface area contributed by atoms with Gasteiger partial charge in [0.05, 0.1) is 12.6 Å². The van der Waals surface area contributed by atoms with Crippen LogP contribution in [-0.2, 0) is 0 Å². The smallest absolute Gasteiger partial charge is 0.0562 e. The Morgan fingerprint density at radius 1 is 1.50 bits per heavy atom. The number of hydrogen-bond acceptors (Lipinski definition) is 4. The van der Waals surface area contributed by atoms with E-state index >= 15 is 0 Å². The molecule has 0 aliphatic carbocycles. The van der Waals surface area contributed by atoms with E-state index in [1.165, 1.54) is 0 Å². The van der Waals surface area contributed by atoms with Crippen molar-refractivity contribution in [3.8, 4) is 0 Å². The van der Waals surface area contributed by atoms with E-state index in [4.69, 9.17) is 10.2 Å².